The molecule has 0 unspecified atom stereocenters. The van der Waals surface area contributed by atoms with Crippen LogP contribution in [0.1, 0.15) is 6.42 Å². The first-order chi connectivity index (χ1) is 5.91. The third-order valence-electron chi connectivity index (χ3n) is 1.36. The highest BCUT2D eigenvalue weighted by molar-refractivity contribution is 7.98. The SMILES string of the molecule is CSCCCNCCOCCO. The third-order valence-corrected chi connectivity index (χ3v) is 2.06. The monoisotopic (exact) mass is 193 g/mol. The Balaban J connectivity index is 2.73. The fraction of sp³-hybridized carbons (Fsp3) is 1.00. The van der Waals surface area contributed by atoms with E-state index in [2.05, 4.69) is 11.6 Å². The van der Waals surface area contributed by atoms with Gasteiger partial charge >= 0.3 is 0 Å². The zero-order valence-corrected chi connectivity index (χ0v) is 8.53. The van der Waals surface area contributed by atoms with Gasteiger partial charge in [-0.3, -0.25) is 0 Å². The van der Waals surface area contributed by atoms with Crippen molar-refractivity contribution < 1.29 is 9.84 Å². The van der Waals surface area contributed by atoms with E-state index in [1.54, 1.807) is 0 Å². The molecule has 0 rings (SSSR count). The molecule has 0 atom stereocenters. The van der Waals surface area contributed by atoms with E-state index in [4.69, 9.17) is 9.84 Å². The van der Waals surface area contributed by atoms with Gasteiger partial charge in [-0.1, -0.05) is 0 Å². The van der Waals surface area contributed by atoms with Crippen molar-refractivity contribution in [1.29, 1.82) is 0 Å². The lowest BCUT2D eigenvalue weighted by molar-refractivity contribution is 0.0940. The van der Waals surface area contributed by atoms with E-state index in [-0.39, 0.29) is 6.61 Å². The second-order valence-corrected chi connectivity index (χ2v) is 3.42. The smallest absolute Gasteiger partial charge is 0.0698 e. The zero-order valence-electron chi connectivity index (χ0n) is 7.71. The number of hydrogen-bond donors (Lipinski definition) is 2. The van der Waals surface area contributed by atoms with Gasteiger partial charge in [0.05, 0.1) is 19.8 Å². The van der Waals surface area contributed by atoms with Crippen LogP contribution in [0.5, 0.6) is 0 Å². The van der Waals surface area contributed by atoms with E-state index >= 15 is 0 Å². The molecule has 0 aliphatic rings. The minimum Gasteiger partial charge on any atom is -0.394 e. The van der Waals surface area contributed by atoms with E-state index in [0.717, 1.165) is 13.1 Å². The van der Waals surface area contributed by atoms with Crippen LogP contribution in [0.3, 0.4) is 0 Å². The molecule has 0 fully saturated rings. The highest BCUT2D eigenvalue weighted by atomic mass is 32.2. The second-order valence-electron chi connectivity index (χ2n) is 2.43. The van der Waals surface area contributed by atoms with Crippen LogP contribution in [-0.4, -0.2) is 50.0 Å². The van der Waals surface area contributed by atoms with Crippen molar-refractivity contribution in [2.24, 2.45) is 0 Å². The third kappa shape index (κ3) is 10.2. The molecule has 0 aliphatic carbocycles. The number of aliphatic hydroxyl groups is 1. The standard InChI is InChI=1S/C8H19NO2S/c1-12-8-2-3-9-4-6-11-7-5-10/h9-10H,2-8H2,1H3. The summed E-state index contributed by atoms with van der Waals surface area (Å²) in [6.07, 6.45) is 3.32. The van der Waals surface area contributed by atoms with Crippen LogP contribution >= 0.6 is 11.8 Å². The molecular weight excluding hydrogens is 174 g/mol. The molecule has 0 amide bonds. The highest BCUT2D eigenvalue weighted by Gasteiger charge is 1.88. The lowest BCUT2D eigenvalue weighted by atomic mass is 10.5. The lowest BCUT2D eigenvalue weighted by Crippen LogP contribution is -2.21. The number of hydrogen-bond acceptors (Lipinski definition) is 4. The van der Waals surface area contributed by atoms with Crippen molar-refractivity contribution >= 4 is 11.8 Å². The van der Waals surface area contributed by atoms with Crippen molar-refractivity contribution in [2.45, 2.75) is 6.42 Å². The molecule has 0 radical (unpaired) electrons. The molecule has 4 heteroatoms. The lowest BCUT2D eigenvalue weighted by Gasteiger charge is -2.03. The summed E-state index contributed by atoms with van der Waals surface area (Å²) in [5.41, 5.74) is 0. The van der Waals surface area contributed by atoms with Gasteiger partial charge in [-0.15, -0.1) is 0 Å². The van der Waals surface area contributed by atoms with Gasteiger partial charge in [-0.2, -0.15) is 11.8 Å². The van der Waals surface area contributed by atoms with Crippen LogP contribution in [0.4, 0.5) is 0 Å². The van der Waals surface area contributed by atoms with Crippen molar-refractivity contribution in [1.82, 2.24) is 5.32 Å². The molecule has 0 bridgehead atoms. The van der Waals surface area contributed by atoms with Gasteiger partial charge in [-0.05, 0) is 25.0 Å². The molecule has 0 aromatic rings. The van der Waals surface area contributed by atoms with Gasteiger partial charge in [0.25, 0.3) is 0 Å². The van der Waals surface area contributed by atoms with Crippen molar-refractivity contribution in [3.05, 3.63) is 0 Å². The maximum absolute atomic E-state index is 8.39. The van der Waals surface area contributed by atoms with Crippen LogP contribution in [0.2, 0.25) is 0 Å². The minimum atomic E-state index is 0.118. The van der Waals surface area contributed by atoms with Gasteiger partial charge in [0, 0.05) is 6.54 Å². The predicted molar refractivity (Wildman–Crippen MR) is 53.8 cm³/mol. The molecule has 12 heavy (non-hydrogen) atoms. The highest BCUT2D eigenvalue weighted by Crippen LogP contribution is 1.92. The molecule has 0 aromatic carbocycles. The summed E-state index contributed by atoms with van der Waals surface area (Å²) >= 11 is 1.87. The van der Waals surface area contributed by atoms with Gasteiger partial charge in [0.1, 0.15) is 0 Å². The number of nitrogens with one attached hydrogen (secondary N) is 1. The molecule has 0 aliphatic heterocycles. The Kier molecular flexibility index (Phi) is 11.4. The van der Waals surface area contributed by atoms with Crippen molar-refractivity contribution in [3.8, 4) is 0 Å². The van der Waals surface area contributed by atoms with Crippen LogP contribution in [0.15, 0.2) is 0 Å². The predicted octanol–water partition coefficient (Wildman–Crippen LogP) is 0.338. The normalized spacial score (nSPS) is 10.5. The molecule has 74 valence electrons. The molecule has 3 nitrogen and oxygen atoms in total. The Morgan fingerprint density at radius 1 is 1.33 bits per heavy atom. The van der Waals surface area contributed by atoms with Crippen LogP contribution in [0, 0.1) is 0 Å². The van der Waals surface area contributed by atoms with Crippen molar-refractivity contribution in [3.63, 3.8) is 0 Å². The largest absolute Gasteiger partial charge is 0.394 e. The van der Waals surface area contributed by atoms with Gasteiger partial charge in [-0.25, -0.2) is 0 Å². The van der Waals surface area contributed by atoms with Gasteiger partial charge in [0.15, 0.2) is 0 Å². The zero-order chi connectivity index (χ0) is 9.07. The first kappa shape index (κ1) is 12.2. The average molecular weight is 193 g/mol. The van der Waals surface area contributed by atoms with Gasteiger partial charge in [0.2, 0.25) is 0 Å². The molecule has 0 saturated carbocycles. The minimum absolute atomic E-state index is 0.118. The topological polar surface area (TPSA) is 41.5 Å². The first-order valence-corrected chi connectivity index (χ1v) is 5.69. The molecule has 0 saturated heterocycles. The van der Waals surface area contributed by atoms with Crippen LogP contribution < -0.4 is 5.32 Å². The maximum Gasteiger partial charge on any atom is 0.0698 e. The summed E-state index contributed by atoms with van der Waals surface area (Å²) in [6, 6.07) is 0. The molecule has 2 N–H and O–H groups in total. The maximum atomic E-state index is 8.39. The van der Waals surface area contributed by atoms with E-state index < -0.39 is 0 Å². The Hall–Kier alpha value is 0.230. The summed E-state index contributed by atoms with van der Waals surface area (Å²) in [4.78, 5) is 0. The summed E-state index contributed by atoms with van der Waals surface area (Å²) in [5, 5.41) is 11.6. The summed E-state index contributed by atoms with van der Waals surface area (Å²) in [5.74, 6) is 1.21. The number of thioether (sulfide) groups is 1. The molecule has 0 heterocycles. The van der Waals surface area contributed by atoms with Crippen LogP contribution in [-0.2, 0) is 4.74 Å². The Bertz CT molecular complexity index is 73.5. The summed E-state index contributed by atoms with van der Waals surface area (Å²) < 4.78 is 5.07. The van der Waals surface area contributed by atoms with E-state index in [1.807, 2.05) is 11.8 Å². The van der Waals surface area contributed by atoms with E-state index in [9.17, 15) is 0 Å². The first-order valence-electron chi connectivity index (χ1n) is 4.30. The number of aliphatic hydroxyl groups excluding tert-OH is 1. The Morgan fingerprint density at radius 2 is 2.17 bits per heavy atom. The Morgan fingerprint density at radius 3 is 2.83 bits per heavy atom. The van der Waals surface area contributed by atoms with Crippen LogP contribution in [0.25, 0.3) is 0 Å². The average Bonchev–Trinajstić information content (AvgIpc) is 2.10. The fourth-order valence-electron chi connectivity index (χ4n) is 0.777. The van der Waals surface area contributed by atoms with E-state index in [1.165, 1.54) is 12.2 Å². The van der Waals surface area contributed by atoms with Crippen molar-refractivity contribution in [2.75, 3.05) is 44.9 Å². The number of rotatable bonds is 9. The second kappa shape index (κ2) is 11.2. The number of ether oxygens (including phenoxy) is 1. The van der Waals surface area contributed by atoms with Gasteiger partial charge < -0.3 is 15.2 Å². The Labute approximate surface area is 78.9 Å². The molecule has 0 spiro atoms. The molecule has 0 aromatic heterocycles. The molecular formula is C8H19NO2S. The quantitative estimate of drug-likeness (QED) is 0.518. The summed E-state index contributed by atoms with van der Waals surface area (Å²) in [6.45, 7) is 3.20. The summed E-state index contributed by atoms with van der Waals surface area (Å²) in [7, 11) is 0. The fourth-order valence-corrected chi connectivity index (χ4v) is 1.21. The van der Waals surface area contributed by atoms with E-state index in [0.29, 0.717) is 13.2 Å².